The first-order valence-electron chi connectivity index (χ1n) is 5.67. The van der Waals surface area contributed by atoms with E-state index in [2.05, 4.69) is 24.1 Å². The summed E-state index contributed by atoms with van der Waals surface area (Å²) in [6.07, 6.45) is 3.42. The second kappa shape index (κ2) is 3.99. The highest BCUT2D eigenvalue weighted by Gasteiger charge is 2.33. The van der Waals surface area contributed by atoms with Crippen molar-refractivity contribution in [3.05, 3.63) is 0 Å². The molecule has 0 bridgehead atoms. The van der Waals surface area contributed by atoms with Crippen LogP contribution in [0.15, 0.2) is 0 Å². The van der Waals surface area contributed by atoms with Gasteiger partial charge in [0.1, 0.15) is 5.78 Å². The van der Waals surface area contributed by atoms with Gasteiger partial charge in [-0.05, 0) is 26.7 Å². The van der Waals surface area contributed by atoms with E-state index in [4.69, 9.17) is 0 Å². The van der Waals surface area contributed by atoms with E-state index in [1.807, 2.05) is 0 Å². The third kappa shape index (κ3) is 2.34. The summed E-state index contributed by atoms with van der Waals surface area (Å²) in [6.45, 7) is 6.12. The van der Waals surface area contributed by atoms with Crippen LogP contribution in [0.1, 0.15) is 33.1 Å². The second-order valence-electron chi connectivity index (χ2n) is 4.84. The van der Waals surface area contributed by atoms with Crippen LogP contribution >= 0.6 is 0 Å². The molecule has 0 aromatic rings. The maximum atomic E-state index is 11.1. The molecule has 1 aliphatic heterocycles. The monoisotopic (exact) mass is 196 g/mol. The van der Waals surface area contributed by atoms with Crippen LogP contribution in [0.3, 0.4) is 0 Å². The summed E-state index contributed by atoms with van der Waals surface area (Å²) >= 11 is 0. The van der Waals surface area contributed by atoms with Gasteiger partial charge in [-0.25, -0.2) is 0 Å². The molecule has 0 radical (unpaired) electrons. The minimum atomic E-state index is 0.370. The number of hydrogen-bond acceptors (Lipinski definition) is 3. The fourth-order valence-corrected chi connectivity index (χ4v) is 2.25. The van der Waals surface area contributed by atoms with E-state index in [1.165, 1.54) is 12.8 Å². The Hall–Kier alpha value is -0.410. The fraction of sp³-hybridized carbons (Fsp3) is 0.909. The Morgan fingerprint density at radius 2 is 2.21 bits per heavy atom. The highest BCUT2D eigenvalue weighted by molar-refractivity contribution is 5.83. The number of rotatable bonds is 4. The van der Waals surface area contributed by atoms with E-state index in [0.717, 1.165) is 19.0 Å². The summed E-state index contributed by atoms with van der Waals surface area (Å²) in [6, 6.07) is 1.82. The van der Waals surface area contributed by atoms with E-state index >= 15 is 0 Å². The zero-order valence-electron chi connectivity index (χ0n) is 9.12. The molecule has 1 saturated carbocycles. The molecule has 3 heteroatoms. The van der Waals surface area contributed by atoms with E-state index < -0.39 is 0 Å². The molecule has 1 aliphatic carbocycles. The average molecular weight is 196 g/mol. The first-order chi connectivity index (χ1) is 6.66. The molecule has 0 aromatic heterocycles. The largest absolute Gasteiger partial charge is 0.305 e. The lowest BCUT2D eigenvalue weighted by molar-refractivity contribution is -0.116. The number of carbonyl (C=O) groups excluding carboxylic acids is 1. The van der Waals surface area contributed by atoms with Gasteiger partial charge in [-0.3, -0.25) is 9.69 Å². The Bertz CT molecular complexity index is 221. The van der Waals surface area contributed by atoms with Crippen molar-refractivity contribution in [3.8, 4) is 0 Å². The van der Waals surface area contributed by atoms with E-state index in [1.54, 1.807) is 0 Å². The normalized spacial score (nSPS) is 28.0. The molecule has 1 unspecified atom stereocenters. The molecule has 1 N–H and O–H groups in total. The lowest BCUT2D eigenvalue weighted by Gasteiger charge is -2.28. The molecule has 0 aromatic carbocycles. The number of nitrogens with one attached hydrogen (secondary N) is 1. The van der Waals surface area contributed by atoms with Gasteiger partial charge in [-0.2, -0.15) is 0 Å². The lowest BCUT2D eigenvalue weighted by atomic mass is 10.2. The molecule has 0 amide bonds. The topological polar surface area (TPSA) is 32.3 Å². The molecule has 1 atom stereocenters. The highest BCUT2D eigenvalue weighted by Crippen LogP contribution is 2.29. The van der Waals surface area contributed by atoms with Crippen LogP contribution in [-0.4, -0.2) is 41.9 Å². The van der Waals surface area contributed by atoms with Gasteiger partial charge in [-0.1, -0.05) is 0 Å². The molecule has 2 aliphatic rings. The van der Waals surface area contributed by atoms with Crippen molar-refractivity contribution in [2.75, 3.05) is 13.1 Å². The summed E-state index contributed by atoms with van der Waals surface area (Å²) < 4.78 is 0. The molecule has 3 nitrogen and oxygen atoms in total. The van der Waals surface area contributed by atoms with Gasteiger partial charge in [0.15, 0.2) is 0 Å². The maximum absolute atomic E-state index is 11.1. The number of ketones is 1. The van der Waals surface area contributed by atoms with Crippen molar-refractivity contribution in [2.24, 2.45) is 0 Å². The van der Waals surface area contributed by atoms with E-state index in [9.17, 15) is 4.79 Å². The quantitative estimate of drug-likeness (QED) is 0.721. The summed E-state index contributed by atoms with van der Waals surface area (Å²) in [5.74, 6) is 0.370. The summed E-state index contributed by atoms with van der Waals surface area (Å²) in [4.78, 5) is 13.6. The Balaban J connectivity index is 1.84. The number of nitrogens with zero attached hydrogens (tertiary/aromatic N) is 1. The van der Waals surface area contributed by atoms with Gasteiger partial charge >= 0.3 is 0 Å². The SMILES string of the molecule is CC(C)N(CC1CC(=O)CN1)C1CC1. The van der Waals surface area contributed by atoms with Gasteiger partial charge in [0.05, 0.1) is 6.54 Å². The van der Waals surface area contributed by atoms with Gasteiger partial charge in [-0.15, -0.1) is 0 Å². The Morgan fingerprint density at radius 1 is 1.50 bits per heavy atom. The molecule has 1 saturated heterocycles. The van der Waals surface area contributed by atoms with E-state index in [-0.39, 0.29) is 0 Å². The Morgan fingerprint density at radius 3 is 2.64 bits per heavy atom. The second-order valence-corrected chi connectivity index (χ2v) is 4.84. The third-order valence-electron chi connectivity index (χ3n) is 3.17. The Labute approximate surface area is 85.8 Å². The van der Waals surface area contributed by atoms with Crippen molar-refractivity contribution >= 4 is 5.78 Å². The van der Waals surface area contributed by atoms with Gasteiger partial charge in [0, 0.05) is 31.1 Å². The predicted molar refractivity (Wildman–Crippen MR) is 56.3 cm³/mol. The van der Waals surface area contributed by atoms with Crippen LogP contribution in [0.2, 0.25) is 0 Å². The standard InChI is InChI=1S/C11H20N2O/c1-8(2)13(10-3-4-10)7-9-5-11(14)6-12-9/h8-10,12H,3-7H2,1-2H3. The van der Waals surface area contributed by atoms with Crippen molar-refractivity contribution in [2.45, 2.75) is 51.2 Å². The first kappa shape index (κ1) is 10.1. The van der Waals surface area contributed by atoms with Gasteiger partial charge in [0.25, 0.3) is 0 Å². The summed E-state index contributed by atoms with van der Waals surface area (Å²) in [7, 11) is 0. The van der Waals surface area contributed by atoms with Crippen molar-refractivity contribution < 1.29 is 4.79 Å². The molecule has 0 spiro atoms. The molecule has 14 heavy (non-hydrogen) atoms. The molecule has 1 heterocycles. The maximum Gasteiger partial charge on any atom is 0.148 e. The van der Waals surface area contributed by atoms with Crippen LogP contribution in [0.5, 0.6) is 0 Å². The molecule has 80 valence electrons. The van der Waals surface area contributed by atoms with Crippen LogP contribution in [0.4, 0.5) is 0 Å². The molecular weight excluding hydrogens is 176 g/mol. The first-order valence-corrected chi connectivity index (χ1v) is 5.67. The smallest absolute Gasteiger partial charge is 0.148 e. The fourth-order valence-electron chi connectivity index (χ4n) is 2.25. The van der Waals surface area contributed by atoms with Crippen LogP contribution < -0.4 is 5.32 Å². The van der Waals surface area contributed by atoms with Crippen LogP contribution in [0, 0.1) is 0 Å². The summed E-state index contributed by atoms with van der Waals surface area (Å²) in [5, 5.41) is 3.28. The Kier molecular flexibility index (Phi) is 2.88. The van der Waals surface area contributed by atoms with Crippen molar-refractivity contribution in [1.29, 1.82) is 0 Å². The van der Waals surface area contributed by atoms with Crippen LogP contribution in [-0.2, 0) is 4.79 Å². The third-order valence-corrected chi connectivity index (χ3v) is 3.17. The highest BCUT2D eigenvalue weighted by atomic mass is 16.1. The zero-order chi connectivity index (χ0) is 10.1. The average Bonchev–Trinajstić information content (AvgIpc) is 2.86. The lowest BCUT2D eigenvalue weighted by Crippen LogP contribution is -2.42. The number of hydrogen-bond donors (Lipinski definition) is 1. The van der Waals surface area contributed by atoms with Gasteiger partial charge in [0.2, 0.25) is 0 Å². The minimum absolute atomic E-state index is 0.370. The predicted octanol–water partition coefficient (Wildman–Crippen LogP) is 0.790. The van der Waals surface area contributed by atoms with Crippen LogP contribution in [0.25, 0.3) is 0 Å². The van der Waals surface area contributed by atoms with Gasteiger partial charge < -0.3 is 5.32 Å². The van der Waals surface area contributed by atoms with Crippen molar-refractivity contribution in [1.82, 2.24) is 10.2 Å². The molecule has 2 rings (SSSR count). The molecule has 2 fully saturated rings. The minimum Gasteiger partial charge on any atom is -0.305 e. The number of carbonyl (C=O) groups is 1. The van der Waals surface area contributed by atoms with Crippen molar-refractivity contribution in [3.63, 3.8) is 0 Å². The summed E-state index contributed by atoms with van der Waals surface area (Å²) in [5.41, 5.74) is 0. The number of Topliss-reactive ketones (excluding diaryl/α,β-unsaturated/α-hetero) is 1. The molecular formula is C11H20N2O. The van der Waals surface area contributed by atoms with E-state index in [0.29, 0.717) is 24.4 Å². The zero-order valence-corrected chi connectivity index (χ0v) is 9.12.